The van der Waals surface area contributed by atoms with E-state index in [1.807, 2.05) is 6.92 Å². The summed E-state index contributed by atoms with van der Waals surface area (Å²) in [6.45, 7) is 5.48. The highest BCUT2D eigenvalue weighted by Gasteiger charge is 2.42. The highest BCUT2D eigenvalue weighted by molar-refractivity contribution is 6.31. The molecule has 1 aliphatic heterocycles. The van der Waals surface area contributed by atoms with Gasteiger partial charge in [0.25, 0.3) is 0 Å². The molecule has 25 heavy (non-hydrogen) atoms. The van der Waals surface area contributed by atoms with Crippen molar-refractivity contribution in [1.29, 1.82) is 0 Å². The lowest BCUT2D eigenvalue weighted by molar-refractivity contribution is -0.146. The monoisotopic (exact) mass is 370 g/mol. The lowest BCUT2D eigenvalue weighted by Crippen LogP contribution is -2.37. The zero-order valence-corrected chi connectivity index (χ0v) is 15.1. The zero-order chi connectivity index (χ0) is 18.4. The van der Waals surface area contributed by atoms with Gasteiger partial charge in [-0.2, -0.15) is 0 Å². The first-order valence-electron chi connectivity index (χ1n) is 8.15. The number of rotatable bonds is 7. The van der Waals surface area contributed by atoms with Crippen molar-refractivity contribution in [2.45, 2.75) is 20.3 Å². The molecule has 8 heteroatoms. The van der Waals surface area contributed by atoms with Gasteiger partial charge in [0.05, 0.1) is 17.7 Å². The van der Waals surface area contributed by atoms with Crippen molar-refractivity contribution in [2.75, 3.05) is 38.2 Å². The van der Waals surface area contributed by atoms with Crippen LogP contribution in [0.25, 0.3) is 0 Å². The number of nitrogens with zero attached hydrogens (tertiary/aromatic N) is 1. The van der Waals surface area contributed by atoms with Gasteiger partial charge >= 0.3 is 12.0 Å². The smallest absolute Gasteiger partial charge is 0.321 e. The normalized spacial score (nSPS) is 19.7. The molecule has 1 aromatic rings. The van der Waals surface area contributed by atoms with Gasteiger partial charge < -0.3 is 24.8 Å². The predicted octanol–water partition coefficient (Wildman–Crippen LogP) is 3.08. The second-order valence-corrected chi connectivity index (χ2v) is 6.59. The minimum absolute atomic E-state index is 0.162. The van der Waals surface area contributed by atoms with E-state index in [1.54, 1.807) is 25.1 Å². The fraction of sp³-hybridized carbons (Fsp3) is 0.529. The molecule has 0 aromatic heterocycles. The minimum atomic E-state index is -0.914. The van der Waals surface area contributed by atoms with E-state index in [4.69, 9.17) is 21.1 Å². The van der Waals surface area contributed by atoms with Crippen LogP contribution >= 0.6 is 11.6 Å². The summed E-state index contributed by atoms with van der Waals surface area (Å²) in [6, 6.07) is 4.57. The van der Waals surface area contributed by atoms with Gasteiger partial charge in [-0.15, -0.1) is 0 Å². The number of carbonyl (C=O) groups is 2. The Morgan fingerprint density at radius 2 is 2.16 bits per heavy atom. The highest BCUT2D eigenvalue weighted by atomic mass is 35.5. The summed E-state index contributed by atoms with van der Waals surface area (Å²) < 4.78 is 10.9. The molecule has 1 fully saturated rings. The SMILES string of the molecule is CCOCCOc1ccc(Cl)cc1NC(=O)N1CCC(C)(C(=O)O)C1. The van der Waals surface area contributed by atoms with Gasteiger partial charge in [-0.25, -0.2) is 4.79 Å². The third-order valence-corrected chi connectivity index (χ3v) is 4.38. The minimum Gasteiger partial charge on any atom is -0.489 e. The van der Waals surface area contributed by atoms with Crippen LogP contribution in [0.4, 0.5) is 10.5 Å². The fourth-order valence-electron chi connectivity index (χ4n) is 2.58. The largest absolute Gasteiger partial charge is 0.489 e. The highest BCUT2D eigenvalue weighted by Crippen LogP contribution is 2.32. The lowest BCUT2D eigenvalue weighted by atomic mass is 9.90. The van der Waals surface area contributed by atoms with E-state index in [1.165, 1.54) is 4.90 Å². The van der Waals surface area contributed by atoms with Crippen LogP contribution in [0.15, 0.2) is 18.2 Å². The first-order chi connectivity index (χ1) is 11.9. The molecule has 1 aromatic carbocycles. The molecule has 0 spiro atoms. The molecule has 0 saturated carbocycles. The van der Waals surface area contributed by atoms with Gasteiger partial charge in [0.15, 0.2) is 0 Å². The van der Waals surface area contributed by atoms with Gasteiger partial charge in [-0.3, -0.25) is 4.79 Å². The van der Waals surface area contributed by atoms with Crippen molar-refractivity contribution in [3.8, 4) is 5.75 Å². The molecule has 2 amide bonds. The number of amides is 2. The maximum Gasteiger partial charge on any atom is 0.321 e. The van der Waals surface area contributed by atoms with Crippen LogP contribution in [0, 0.1) is 5.41 Å². The molecule has 2 rings (SSSR count). The Balaban J connectivity index is 2.02. The summed E-state index contributed by atoms with van der Waals surface area (Å²) in [5.74, 6) is -0.414. The second kappa shape index (κ2) is 8.40. The van der Waals surface area contributed by atoms with E-state index in [2.05, 4.69) is 5.32 Å². The molecule has 7 nitrogen and oxygen atoms in total. The average molecular weight is 371 g/mol. The van der Waals surface area contributed by atoms with E-state index in [-0.39, 0.29) is 12.6 Å². The maximum absolute atomic E-state index is 12.5. The molecule has 138 valence electrons. The Bertz CT molecular complexity index is 639. The van der Waals surface area contributed by atoms with Crippen LogP contribution in [0.3, 0.4) is 0 Å². The molecule has 0 aliphatic carbocycles. The number of aliphatic carboxylic acids is 1. The topological polar surface area (TPSA) is 88.1 Å². The lowest BCUT2D eigenvalue weighted by Gasteiger charge is -2.21. The van der Waals surface area contributed by atoms with E-state index >= 15 is 0 Å². The number of nitrogens with one attached hydrogen (secondary N) is 1. The zero-order valence-electron chi connectivity index (χ0n) is 14.4. The quantitative estimate of drug-likeness (QED) is 0.720. The summed E-state index contributed by atoms with van der Waals surface area (Å²) in [5.41, 5.74) is -0.472. The molecule has 1 atom stereocenters. The number of benzene rings is 1. The number of ether oxygens (including phenoxy) is 2. The third kappa shape index (κ3) is 4.99. The molecular formula is C17H23ClN2O5. The summed E-state index contributed by atoms with van der Waals surface area (Å²) in [5, 5.41) is 12.5. The molecule has 1 aliphatic rings. The number of hydrogen-bond donors (Lipinski definition) is 2. The van der Waals surface area contributed by atoms with Gasteiger partial charge in [0, 0.05) is 24.7 Å². The van der Waals surface area contributed by atoms with Crippen molar-refractivity contribution in [3.05, 3.63) is 23.2 Å². The maximum atomic E-state index is 12.5. The first kappa shape index (κ1) is 19.3. The second-order valence-electron chi connectivity index (χ2n) is 6.15. The van der Waals surface area contributed by atoms with E-state index in [0.717, 1.165) is 0 Å². The average Bonchev–Trinajstić information content (AvgIpc) is 2.97. The van der Waals surface area contributed by atoms with Crippen molar-refractivity contribution < 1.29 is 24.2 Å². The van der Waals surface area contributed by atoms with Gasteiger partial charge in [-0.1, -0.05) is 11.6 Å². The van der Waals surface area contributed by atoms with Gasteiger partial charge in [-0.05, 0) is 38.5 Å². The van der Waals surface area contributed by atoms with Crippen LogP contribution in [0.1, 0.15) is 20.3 Å². The van der Waals surface area contributed by atoms with E-state index < -0.39 is 11.4 Å². The number of hydrogen-bond acceptors (Lipinski definition) is 4. The van der Waals surface area contributed by atoms with Crippen LogP contribution in [-0.4, -0.2) is 54.9 Å². The molecule has 0 radical (unpaired) electrons. The number of urea groups is 1. The fourth-order valence-corrected chi connectivity index (χ4v) is 2.76. The van der Waals surface area contributed by atoms with E-state index in [0.29, 0.717) is 49.2 Å². The van der Waals surface area contributed by atoms with Crippen LogP contribution in [-0.2, 0) is 9.53 Å². The Labute approximate surface area is 151 Å². The molecule has 2 N–H and O–H groups in total. The van der Waals surface area contributed by atoms with Crippen LogP contribution in [0.5, 0.6) is 5.75 Å². The van der Waals surface area contributed by atoms with Gasteiger partial charge in [0.1, 0.15) is 12.4 Å². The molecule has 1 unspecified atom stereocenters. The summed E-state index contributed by atoms with van der Waals surface area (Å²) in [4.78, 5) is 25.3. The Morgan fingerprint density at radius 3 is 2.80 bits per heavy atom. The van der Waals surface area contributed by atoms with Crippen molar-refractivity contribution in [1.82, 2.24) is 4.90 Å². The van der Waals surface area contributed by atoms with Crippen LogP contribution < -0.4 is 10.1 Å². The molecule has 1 saturated heterocycles. The van der Waals surface area contributed by atoms with E-state index in [9.17, 15) is 14.7 Å². The number of carbonyl (C=O) groups excluding carboxylic acids is 1. The number of halogens is 1. The number of carboxylic acid groups (broad SMARTS) is 1. The van der Waals surface area contributed by atoms with Crippen molar-refractivity contribution >= 4 is 29.3 Å². The number of likely N-dealkylation sites (tertiary alicyclic amines) is 1. The summed E-state index contributed by atoms with van der Waals surface area (Å²) in [6.07, 6.45) is 0.420. The standard InChI is InChI=1S/C17H23ClN2O5/c1-3-24-8-9-25-14-5-4-12(18)10-13(14)19-16(23)20-7-6-17(2,11-20)15(21)22/h4-5,10H,3,6-9,11H2,1-2H3,(H,19,23)(H,21,22). The van der Waals surface area contributed by atoms with Crippen LogP contribution in [0.2, 0.25) is 5.02 Å². The summed E-state index contributed by atoms with van der Waals surface area (Å²) in [7, 11) is 0. The Hall–Kier alpha value is -1.99. The van der Waals surface area contributed by atoms with Crippen molar-refractivity contribution in [3.63, 3.8) is 0 Å². The summed E-state index contributed by atoms with van der Waals surface area (Å²) >= 11 is 6.01. The number of carboxylic acids is 1. The first-order valence-corrected chi connectivity index (χ1v) is 8.53. The predicted molar refractivity (Wildman–Crippen MR) is 94.4 cm³/mol. The molecule has 1 heterocycles. The third-order valence-electron chi connectivity index (χ3n) is 4.15. The Morgan fingerprint density at radius 1 is 1.40 bits per heavy atom. The van der Waals surface area contributed by atoms with Crippen molar-refractivity contribution in [2.24, 2.45) is 5.41 Å². The number of anilines is 1. The van der Waals surface area contributed by atoms with Gasteiger partial charge in [0.2, 0.25) is 0 Å². The Kier molecular flexibility index (Phi) is 6.50. The molecule has 0 bridgehead atoms. The molecular weight excluding hydrogens is 348 g/mol.